The summed E-state index contributed by atoms with van der Waals surface area (Å²) in [5, 5.41) is 13.4. The van der Waals surface area contributed by atoms with Crippen LogP contribution in [0.5, 0.6) is 0 Å². The van der Waals surface area contributed by atoms with Crippen LogP contribution in [0.1, 0.15) is 28.4 Å². The molecule has 5 rings (SSSR count). The minimum atomic E-state index is -4.41. The Hall–Kier alpha value is -4.08. The molecule has 1 amide bonds. The number of hydrogen-bond donors (Lipinski definition) is 1. The number of fused-ring (bicyclic) bond motifs is 3. The van der Waals surface area contributed by atoms with Crippen molar-refractivity contribution in [1.82, 2.24) is 29.4 Å². The number of alkyl halides is 3. The quantitative estimate of drug-likeness (QED) is 0.391. The zero-order valence-corrected chi connectivity index (χ0v) is 19.3. The zero-order valence-electron chi connectivity index (χ0n) is 19.3. The van der Waals surface area contributed by atoms with Crippen molar-refractivity contribution in [3.63, 3.8) is 0 Å². The summed E-state index contributed by atoms with van der Waals surface area (Å²) in [6.07, 6.45) is 1.11. The summed E-state index contributed by atoms with van der Waals surface area (Å²) in [5.41, 5.74) is 2.72. The second-order valence-corrected chi connectivity index (χ2v) is 8.77. The van der Waals surface area contributed by atoms with Crippen molar-refractivity contribution in [2.75, 3.05) is 0 Å². The van der Waals surface area contributed by atoms with Crippen molar-refractivity contribution in [2.45, 2.75) is 32.6 Å². The molecule has 1 atom stereocenters. The van der Waals surface area contributed by atoms with Gasteiger partial charge in [0.15, 0.2) is 5.65 Å². The van der Waals surface area contributed by atoms with E-state index in [1.807, 2.05) is 26.2 Å². The van der Waals surface area contributed by atoms with Crippen LogP contribution in [0.15, 0.2) is 61.1 Å². The molecule has 0 fully saturated rings. The molecule has 0 aliphatic carbocycles. The van der Waals surface area contributed by atoms with Crippen LogP contribution in [0.25, 0.3) is 27.6 Å². The molecule has 5 aromatic rings. The molecule has 0 bridgehead atoms. The average Bonchev–Trinajstić information content (AvgIpc) is 3.45. The number of hydrogen-bond acceptors (Lipinski definition) is 3. The topological polar surface area (TPSA) is 69.7 Å². The van der Waals surface area contributed by atoms with E-state index in [2.05, 4.69) is 15.5 Å². The Bertz CT molecular complexity index is 1540. The predicted octanol–water partition coefficient (Wildman–Crippen LogP) is 4.86. The van der Waals surface area contributed by atoms with Gasteiger partial charge in [0, 0.05) is 47.5 Å². The van der Waals surface area contributed by atoms with Gasteiger partial charge in [-0.05, 0) is 61.9 Å². The summed E-state index contributed by atoms with van der Waals surface area (Å²) >= 11 is 0. The highest BCUT2D eigenvalue weighted by molar-refractivity contribution is 6.10. The molecule has 0 aliphatic rings. The number of nitrogens with zero attached hydrogens (tertiary/aromatic N) is 5. The lowest BCUT2D eigenvalue weighted by Crippen LogP contribution is -2.35. The highest BCUT2D eigenvalue weighted by atomic mass is 19.4. The fourth-order valence-corrected chi connectivity index (χ4v) is 4.29. The number of aromatic nitrogens is 5. The van der Waals surface area contributed by atoms with Gasteiger partial charge in [0.05, 0.1) is 23.8 Å². The van der Waals surface area contributed by atoms with Gasteiger partial charge in [-0.15, -0.1) is 0 Å². The van der Waals surface area contributed by atoms with Gasteiger partial charge in [0.25, 0.3) is 5.91 Å². The van der Waals surface area contributed by atoms with Crippen molar-refractivity contribution in [3.05, 3.63) is 77.7 Å². The smallest absolute Gasteiger partial charge is 0.348 e. The fraction of sp³-hybridized carbons (Fsp3) is 0.240. The molecule has 0 radical (unpaired) electrons. The minimum Gasteiger partial charge on any atom is -0.348 e. The maximum absolute atomic E-state index is 13.0. The number of aryl methyl sites for hydroxylation is 2. The molecular formula is C25H23F3N6O. The molecule has 0 aliphatic heterocycles. The second-order valence-electron chi connectivity index (χ2n) is 8.77. The third kappa shape index (κ3) is 4.27. The van der Waals surface area contributed by atoms with Crippen molar-refractivity contribution in [1.29, 1.82) is 0 Å². The van der Waals surface area contributed by atoms with E-state index in [9.17, 15) is 18.0 Å². The number of amides is 1. The van der Waals surface area contributed by atoms with Crippen molar-refractivity contribution in [2.24, 2.45) is 7.05 Å². The molecule has 0 saturated heterocycles. The van der Waals surface area contributed by atoms with E-state index in [-0.39, 0.29) is 11.9 Å². The van der Waals surface area contributed by atoms with Crippen molar-refractivity contribution in [3.8, 4) is 5.69 Å². The maximum Gasteiger partial charge on any atom is 0.416 e. The molecule has 2 aromatic carbocycles. The molecule has 0 saturated carbocycles. The van der Waals surface area contributed by atoms with Crippen molar-refractivity contribution >= 4 is 27.8 Å². The van der Waals surface area contributed by atoms with Gasteiger partial charge in [-0.25, -0.2) is 0 Å². The first kappa shape index (κ1) is 22.7. The van der Waals surface area contributed by atoms with Crippen LogP contribution in [-0.4, -0.2) is 36.1 Å². The van der Waals surface area contributed by atoms with Crippen LogP contribution in [-0.2, 0) is 19.8 Å². The third-order valence-electron chi connectivity index (χ3n) is 5.86. The van der Waals surface area contributed by atoms with Gasteiger partial charge >= 0.3 is 6.18 Å². The highest BCUT2D eigenvalue weighted by Crippen LogP contribution is 2.34. The van der Waals surface area contributed by atoms with E-state index in [0.717, 1.165) is 34.0 Å². The normalized spacial score (nSPS) is 13.0. The number of carbonyl (C=O) groups is 1. The first-order chi connectivity index (χ1) is 16.6. The standard InChI is InChI=1S/C25H23F3N6O/c1-15-11-29-33(12-15)13-16(2)30-24(35)17-4-9-22-20(10-17)21-14-32(3)31-23(21)34(22)19-7-5-18(6-8-19)25(26,27)28/h4-12,14,16H,13H2,1-3H3,(H,30,35). The molecule has 1 unspecified atom stereocenters. The molecular weight excluding hydrogens is 457 g/mol. The van der Waals surface area contributed by atoms with E-state index in [4.69, 9.17) is 0 Å². The number of benzene rings is 2. The van der Waals surface area contributed by atoms with Crippen LogP contribution in [0.2, 0.25) is 0 Å². The molecule has 35 heavy (non-hydrogen) atoms. The van der Waals surface area contributed by atoms with Gasteiger partial charge in [-0.1, -0.05) is 0 Å². The summed E-state index contributed by atoms with van der Waals surface area (Å²) in [6, 6.07) is 10.1. The van der Waals surface area contributed by atoms with Gasteiger partial charge in [-0.3, -0.25) is 18.7 Å². The average molecular weight is 480 g/mol. The van der Waals surface area contributed by atoms with Crippen LogP contribution < -0.4 is 5.32 Å². The van der Waals surface area contributed by atoms with Crippen molar-refractivity contribution < 1.29 is 18.0 Å². The minimum absolute atomic E-state index is 0.146. The molecule has 3 heterocycles. The lowest BCUT2D eigenvalue weighted by Gasteiger charge is -2.14. The molecule has 7 nitrogen and oxygen atoms in total. The molecule has 10 heteroatoms. The summed E-state index contributed by atoms with van der Waals surface area (Å²) < 4.78 is 44.3. The van der Waals surface area contributed by atoms with E-state index in [1.165, 1.54) is 12.1 Å². The first-order valence-electron chi connectivity index (χ1n) is 11.1. The Morgan fingerprint density at radius 3 is 2.49 bits per heavy atom. The molecule has 0 spiro atoms. The van der Waals surface area contributed by atoms with Crippen LogP contribution in [0, 0.1) is 6.92 Å². The van der Waals surface area contributed by atoms with Crippen LogP contribution in [0.4, 0.5) is 13.2 Å². The Labute approximate surface area is 198 Å². The van der Waals surface area contributed by atoms with E-state index < -0.39 is 11.7 Å². The monoisotopic (exact) mass is 480 g/mol. The highest BCUT2D eigenvalue weighted by Gasteiger charge is 2.30. The van der Waals surface area contributed by atoms with E-state index in [1.54, 1.807) is 45.4 Å². The Morgan fingerprint density at radius 2 is 1.83 bits per heavy atom. The van der Waals surface area contributed by atoms with Crippen LogP contribution >= 0.6 is 0 Å². The van der Waals surface area contributed by atoms with Gasteiger partial charge in [0.1, 0.15) is 0 Å². The number of carbonyl (C=O) groups excluding carboxylic acids is 1. The zero-order chi connectivity index (χ0) is 24.9. The lowest BCUT2D eigenvalue weighted by molar-refractivity contribution is -0.137. The van der Waals surface area contributed by atoms with Gasteiger partial charge in [-0.2, -0.15) is 23.4 Å². The predicted molar refractivity (Wildman–Crippen MR) is 126 cm³/mol. The number of rotatable bonds is 5. The summed E-state index contributed by atoms with van der Waals surface area (Å²) in [7, 11) is 1.78. The molecule has 1 N–H and O–H groups in total. The largest absolute Gasteiger partial charge is 0.416 e. The first-order valence-corrected chi connectivity index (χ1v) is 11.1. The summed E-state index contributed by atoms with van der Waals surface area (Å²) in [4.78, 5) is 13.0. The second kappa shape index (κ2) is 8.30. The number of nitrogens with one attached hydrogen (secondary N) is 1. The SMILES string of the molecule is Cc1cnn(CC(C)NC(=O)c2ccc3c(c2)c2cn(C)nc2n3-c2ccc(C(F)(F)F)cc2)c1. The Kier molecular flexibility index (Phi) is 5.38. The maximum atomic E-state index is 13.0. The van der Waals surface area contributed by atoms with E-state index in [0.29, 0.717) is 23.4 Å². The molecule has 180 valence electrons. The summed E-state index contributed by atoms with van der Waals surface area (Å²) in [5.74, 6) is -0.220. The van der Waals surface area contributed by atoms with Gasteiger partial charge in [0.2, 0.25) is 0 Å². The fourth-order valence-electron chi connectivity index (χ4n) is 4.29. The summed E-state index contributed by atoms with van der Waals surface area (Å²) in [6.45, 7) is 4.41. The Morgan fingerprint density at radius 1 is 1.09 bits per heavy atom. The third-order valence-corrected chi connectivity index (χ3v) is 5.86. The lowest BCUT2D eigenvalue weighted by atomic mass is 10.1. The van der Waals surface area contributed by atoms with E-state index >= 15 is 0 Å². The molecule has 3 aromatic heterocycles. The number of halogens is 3. The Balaban J connectivity index is 1.49. The van der Waals surface area contributed by atoms with Gasteiger partial charge < -0.3 is 5.32 Å². The van der Waals surface area contributed by atoms with Crippen LogP contribution in [0.3, 0.4) is 0 Å².